The zero-order valence-electron chi connectivity index (χ0n) is 9.14. The largest absolute Gasteiger partial charge is 0.320 e. The second-order valence-electron chi connectivity index (χ2n) is 3.81. The van der Waals surface area contributed by atoms with Crippen LogP contribution in [0.1, 0.15) is 27.5 Å². The van der Waals surface area contributed by atoms with Crippen LogP contribution >= 0.6 is 11.6 Å². The first-order valence-corrected chi connectivity index (χ1v) is 5.64. The van der Waals surface area contributed by atoms with Gasteiger partial charge < -0.3 is 5.73 Å². The zero-order chi connectivity index (χ0) is 12.3. The average molecular weight is 246 g/mol. The maximum absolute atomic E-state index is 10.5. The summed E-state index contributed by atoms with van der Waals surface area (Å²) < 4.78 is 0. The van der Waals surface area contributed by atoms with Crippen LogP contribution in [0, 0.1) is 0 Å². The van der Waals surface area contributed by atoms with Gasteiger partial charge in [0, 0.05) is 10.6 Å². The van der Waals surface area contributed by atoms with E-state index in [2.05, 4.69) is 0 Å². The van der Waals surface area contributed by atoms with Crippen molar-refractivity contribution in [2.45, 2.75) is 6.04 Å². The maximum atomic E-state index is 10.5. The highest BCUT2D eigenvalue weighted by molar-refractivity contribution is 6.30. The molecular weight excluding hydrogens is 234 g/mol. The van der Waals surface area contributed by atoms with Crippen LogP contribution in [0.25, 0.3) is 0 Å². The number of hydrogen-bond donors (Lipinski definition) is 1. The van der Waals surface area contributed by atoms with Crippen molar-refractivity contribution < 1.29 is 4.79 Å². The first-order chi connectivity index (χ1) is 8.20. The molecule has 0 heterocycles. The van der Waals surface area contributed by atoms with Crippen LogP contribution in [0.3, 0.4) is 0 Å². The lowest BCUT2D eigenvalue weighted by Gasteiger charge is -2.12. The second kappa shape index (κ2) is 5.13. The van der Waals surface area contributed by atoms with E-state index in [1.807, 2.05) is 36.4 Å². The van der Waals surface area contributed by atoms with Gasteiger partial charge in [-0.3, -0.25) is 4.79 Å². The molecule has 2 rings (SSSR count). The molecule has 1 atom stereocenters. The van der Waals surface area contributed by atoms with Gasteiger partial charge in [-0.2, -0.15) is 0 Å². The van der Waals surface area contributed by atoms with Gasteiger partial charge in [0.25, 0.3) is 0 Å². The first-order valence-electron chi connectivity index (χ1n) is 5.27. The molecule has 0 aliphatic rings. The first kappa shape index (κ1) is 11.8. The maximum Gasteiger partial charge on any atom is 0.150 e. The highest BCUT2D eigenvalue weighted by Crippen LogP contribution is 2.21. The zero-order valence-corrected chi connectivity index (χ0v) is 9.89. The molecule has 2 N–H and O–H groups in total. The Bertz CT molecular complexity index is 505. The van der Waals surface area contributed by atoms with Crippen LogP contribution in [0.4, 0.5) is 0 Å². The van der Waals surface area contributed by atoms with E-state index in [1.165, 1.54) is 0 Å². The van der Waals surface area contributed by atoms with Gasteiger partial charge in [-0.15, -0.1) is 0 Å². The number of carbonyl (C=O) groups is 1. The van der Waals surface area contributed by atoms with Gasteiger partial charge in [0.1, 0.15) is 6.29 Å². The Kier molecular flexibility index (Phi) is 3.57. The molecule has 0 aromatic heterocycles. The summed E-state index contributed by atoms with van der Waals surface area (Å²) in [5.74, 6) is 0. The predicted molar refractivity (Wildman–Crippen MR) is 69.3 cm³/mol. The molecule has 0 aliphatic heterocycles. The summed E-state index contributed by atoms with van der Waals surface area (Å²) in [6, 6.07) is 14.5. The molecule has 0 bridgehead atoms. The molecular formula is C14H12ClNO. The lowest BCUT2D eigenvalue weighted by molar-refractivity contribution is 0.112. The van der Waals surface area contributed by atoms with Crippen LogP contribution in [0.5, 0.6) is 0 Å². The fourth-order valence-corrected chi connectivity index (χ4v) is 1.77. The molecule has 17 heavy (non-hydrogen) atoms. The van der Waals surface area contributed by atoms with Gasteiger partial charge >= 0.3 is 0 Å². The second-order valence-corrected chi connectivity index (χ2v) is 4.25. The van der Waals surface area contributed by atoms with E-state index in [4.69, 9.17) is 17.3 Å². The number of hydrogen-bond acceptors (Lipinski definition) is 2. The molecule has 0 saturated heterocycles. The summed E-state index contributed by atoms with van der Waals surface area (Å²) in [6.07, 6.45) is 0.817. The standard InChI is InChI=1S/C14H12ClNO/c15-13-7-5-12(6-8-13)14(16)11-3-1-10(9-17)2-4-11/h1-9,14H,16H2. The van der Waals surface area contributed by atoms with Crippen molar-refractivity contribution >= 4 is 17.9 Å². The molecule has 0 saturated carbocycles. The Labute approximate surface area is 105 Å². The minimum atomic E-state index is -0.201. The van der Waals surface area contributed by atoms with Crippen molar-refractivity contribution in [1.29, 1.82) is 0 Å². The highest BCUT2D eigenvalue weighted by Gasteiger charge is 2.08. The summed E-state index contributed by atoms with van der Waals surface area (Å²) in [6.45, 7) is 0. The molecule has 2 nitrogen and oxygen atoms in total. The lowest BCUT2D eigenvalue weighted by atomic mass is 9.99. The van der Waals surface area contributed by atoms with Crippen molar-refractivity contribution in [2.24, 2.45) is 5.73 Å². The summed E-state index contributed by atoms with van der Waals surface area (Å²) in [5.41, 5.74) is 8.74. The van der Waals surface area contributed by atoms with Gasteiger partial charge in [-0.05, 0) is 23.3 Å². The van der Waals surface area contributed by atoms with E-state index in [-0.39, 0.29) is 6.04 Å². The fourth-order valence-electron chi connectivity index (χ4n) is 1.64. The molecule has 0 aliphatic carbocycles. The third-order valence-electron chi connectivity index (χ3n) is 2.66. The summed E-state index contributed by atoms with van der Waals surface area (Å²) >= 11 is 5.82. The van der Waals surface area contributed by atoms with Crippen molar-refractivity contribution in [3.63, 3.8) is 0 Å². The quantitative estimate of drug-likeness (QED) is 0.844. The molecule has 0 amide bonds. The molecule has 0 radical (unpaired) electrons. The minimum Gasteiger partial charge on any atom is -0.320 e. The molecule has 1 unspecified atom stereocenters. The highest BCUT2D eigenvalue weighted by atomic mass is 35.5. The molecule has 86 valence electrons. The number of nitrogens with two attached hydrogens (primary N) is 1. The van der Waals surface area contributed by atoms with Crippen molar-refractivity contribution in [1.82, 2.24) is 0 Å². The van der Waals surface area contributed by atoms with E-state index >= 15 is 0 Å². The number of rotatable bonds is 3. The van der Waals surface area contributed by atoms with E-state index in [0.29, 0.717) is 10.6 Å². The Balaban J connectivity index is 2.26. The SMILES string of the molecule is NC(c1ccc(Cl)cc1)c1ccc(C=O)cc1. The van der Waals surface area contributed by atoms with Gasteiger partial charge in [0.2, 0.25) is 0 Å². The number of benzene rings is 2. The van der Waals surface area contributed by atoms with Gasteiger partial charge in [0.15, 0.2) is 0 Å². The van der Waals surface area contributed by atoms with Crippen LogP contribution in [-0.2, 0) is 0 Å². The van der Waals surface area contributed by atoms with Gasteiger partial charge in [0.05, 0.1) is 6.04 Å². The Morgan fingerprint density at radius 2 is 1.41 bits per heavy atom. The average Bonchev–Trinajstić information content (AvgIpc) is 2.39. The van der Waals surface area contributed by atoms with E-state index < -0.39 is 0 Å². The smallest absolute Gasteiger partial charge is 0.150 e. The van der Waals surface area contributed by atoms with Crippen LogP contribution in [-0.4, -0.2) is 6.29 Å². The van der Waals surface area contributed by atoms with Crippen molar-refractivity contribution in [2.75, 3.05) is 0 Å². The normalized spacial score (nSPS) is 12.1. The third-order valence-corrected chi connectivity index (χ3v) is 2.91. The molecule has 0 spiro atoms. The van der Waals surface area contributed by atoms with E-state index in [9.17, 15) is 4.79 Å². The molecule has 2 aromatic rings. The molecule has 2 aromatic carbocycles. The summed E-state index contributed by atoms with van der Waals surface area (Å²) in [5, 5.41) is 0.692. The Morgan fingerprint density at radius 3 is 1.88 bits per heavy atom. The monoisotopic (exact) mass is 245 g/mol. The number of halogens is 1. The predicted octanol–water partition coefficient (Wildman–Crippen LogP) is 3.20. The Hall–Kier alpha value is -1.64. The summed E-state index contributed by atoms with van der Waals surface area (Å²) in [4.78, 5) is 10.5. The lowest BCUT2D eigenvalue weighted by Crippen LogP contribution is -2.11. The van der Waals surface area contributed by atoms with E-state index in [0.717, 1.165) is 17.4 Å². The van der Waals surface area contributed by atoms with Crippen LogP contribution in [0.2, 0.25) is 5.02 Å². The van der Waals surface area contributed by atoms with Crippen molar-refractivity contribution in [3.05, 3.63) is 70.2 Å². The molecule has 0 fully saturated rings. The van der Waals surface area contributed by atoms with Crippen LogP contribution < -0.4 is 5.73 Å². The van der Waals surface area contributed by atoms with Crippen LogP contribution in [0.15, 0.2) is 48.5 Å². The summed E-state index contributed by atoms with van der Waals surface area (Å²) in [7, 11) is 0. The number of carbonyl (C=O) groups excluding carboxylic acids is 1. The minimum absolute atomic E-state index is 0.201. The number of aldehydes is 1. The van der Waals surface area contributed by atoms with Gasteiger partial charge in [-0.1, -0.05) is 48.0 Å². The van der Waals surface area contributed by atoms with Gasteiger partial charge in [-0.25, -0.2) is 0 Å². The Morgan fingerprint density at radius 1 is 0.941 bits per heavy atom. The van der Waals surface area contributed by atoms with E-state index in [1.54, 1.807) is 12.1 Å². The fraction of sp³-hybridized carbons (Fsp3) is 0.0714. The topological polar surface area (TPSA) is 43.1 Å². The molecule has 3 heteroatoms. The van der Waals surface area contributed by atoms with Crippen molar-refractivity contribution in [3.8, 4) is 0 Å². The third kappa shape index (κ3) is 2.73.